The van der Waals surface area contributed by atoms with Gasteiger partial charge in [-0.2, -0.15) is 0 Å². The Labute approximate surface area is 87.0 Å². The van der Waals surface area contributed by atoms with E-state index in [1.807, 2.05) is 6.92 Å². The van der Waals surface area contributed by atoms with E-state index in [1.54, 1.807) is 11.3 Å². The smallest absolute Gasteiger partial charge is 0.218 e. The van der Waals surface area contributed by atoms with Gasteiger partial charge in [-0.3, -0.25) is 0 Å². The molecule has 0 spiro atoms. The number of fused-ring (bicyclic) bond motifs is 1. The van der Waals surface area contributed by atoms with E-state index in [2.05, 4.69) is 28.0 Å². The molecule has 0 N–H and O–H groups in total. The first-order valence-electron chi connectivity index (χ1n) is 4.49. The number of benzene rings is 1. The average molecular weight is 202 g/mol. The van der Waals surface area contributed by atoms with Gasteiger partial charge in [0.2, 0.25) is 6.54 Å². The third-order valence-corrected chi connectivity index (χ3v) is 3.02. The van der Waals surface area contributed by atoms with Gasteiger partial charge in [0.25, 0.3) is 0 Å². The van der Waals surface area contributed by atoms with Crippen LogP contribution in [0.5, 0.6) is 0 Å². The molecule has 14 heavy (non-hydrogen) atoms. The number of hydrogen-bond donors (Lipinski definition) is 0. The third kappa shape index (κ3) is 1.75. The van der Waals surface area contributed by atoms with Crippen LogP contribution in [-0.2, 0) is 6.42 Å². The summed E-state index contributed by atoms with van der Waals surface area (Å²) in [7, 11) is 0. The second-order valence-corrected chi connectivity index (χ2v) is 4.40. The van der Waals surface area contributed by atoms with Crippen molar-refractivity contribution in [2.45, 2.75) is 13.3 Å². The van der Waals surface area contributed by atoms with E-state index in [9.17, 15) is 0 Å². The highest BCUT2D eigenvalue weighted by molar-refractivity contribution is 7.18. The van der Waals surface area contributed by atoms with Crippen LogP contribution in [0.25, 0.3) is 15.1 Å². The first-order valence-corrected chi connectivity index (χ1v) is 5.30. The number of aryl methyl sites for hydroxylation is 1. The van der Waals surface area contributed by atoms with Crippen molar-refractivity contribution in [2.75, 3.05) is 6.54 Å². The molecule has 1 heterocycles. The molecule has 70 valence electrons. The van der Waals surface area contributed by atoms with Gasteiger partial charge >= 0.3 is 0 Å². The van der Waals surface area contributed by atoms with E-state index in [-0.39, 0.29) is 0 Å². The second-order valence-electron chi connectivity index (χ2n) is 3.17. The molecule has 1 aromatic carbocycles. The highest BCUT2D eigenvalue weighted by Gasteiger charge is 2.01. The van der Waals surface area contributed by atoms with E-state index in [1.165, 1.54) is 10.3 Å². The summed E-state index contributed by atoms with van der Waals surface area (Å²) in [6, 6.07) is 6.27. The third-order valence-electron chi connectivity index (χ3n) is 2.07. The standard InChI is InChI=1S/C11H10N2S/c1-8-13-10-7-9(5-6-12-2)3-4-11(10)14-8/h3-4,7H,5-6H2,1H3. The van der Waals surface area contributed by atoms with Crippen molar-refractivity contribution < 1.29 is 0 Å². The Bertz CT molecular complexity index is 493. The van der Waals surface area contributed by atoms with Gasteiger partial charge in [-0.05, 0) is 24.6 Å². The Kier molecular flexibility index (Phi) is 2.47. The molecular formula is C11H10N2S. The summed E-state index contributed by atoms with van der Waals surface area (Å²) in [4.78, 5) is 7.77. The lowest BCUT2D eigenvalue weighted by molar-refractivity contribution is 1.08. The molecule has 2 nitrogen and oxygen atoms in total. The number of hydrogen-bond acceptors (Lipinski definition) is 2. The average Bonchev–Trinajstić information content (AvgIpc) is 2.54. The molecule has 3 heteroatoms. The molecule has 1 aromatic heterocycles. The first-order chi connectivity index (χ1) is 6.79. The lowest BCUT2D eigenvalue weighted by Gasteiger charge is -1.94. The maximum atomic E-state index is 6.73. The molecule has 2 aromatic rings. The Morgan fingerprint density at radius 1 is 1.50 bits per heavy atom. The van der Waals surface area contributed by atoms with Crippen LogP contribution in [0.3, 0.4) is 0 Å². The van der Waals surface area contributed by atoms with Crippen LogP contribution in [-0.4, -0.2) is 11.5 Å². The number of thiazole rings is 1. The normalized spacial score (nSPS) is 10.3. The van der Waals surface area contributed by atoms with Crippen LogP contribution >= 0.6 is 11.3 Å². The minimum atomic E-state index is 0.564. The predicted molar refractivity (Wildman–Crippen MR) is 59.5 cm³/mol. The van der Waals surface area contributed by atoms with Gasteiger partial charge in [-0.15, -0.1) is 11.3 Å². The number of nitrogens with zero attached hydrogens (tertiary/aromatic N) is 2. The zero-order valence-electron chi connectivity index (χ0n) is 7.95. The summed E-state index contributed by atoms with van der Waals surface area (Å²) in [5.74, 6) is 0. The largest absolute Gasteiger partial charge is 0.317 e. The summed E-state index contributed by atoms with van der Waals surface area (Å²) in [6.45, 7) is 9.31. The van der Waals surface area contributed by atoms with Crippen molar-refractivity contribution in [1.29, 1.82) is 0 Å². The molecule has 0 aliphatic heterocycles. The van der Waals surface area contributed by atoms with E-state index in [0.717, 1.165) is 16.9 Å². The second kappa shape index (κ2) is 3.77. The van der Waals surface area contributed by atoms with Crippen molar-refractivity contribution in [2.24, 2.45) is 0 Å². The molecule has 0 atom stereocenters. The van der Waals surface area contributed by atoms with E-state index < -0.39 is 0 Å². The zero-order valence-corrected chi connectivity index (χ0v) is 8.77. The molecular weight excluding hydrogens is 192 g/mol. The fourth-order valence-electron chi connectivity index (χ4n) is 1.43. The van der Waals surface area contributed by atoms with E-state index in [4.69, 9.17) is 6.57 Å². The van der Waals surface area contributed by atoms with E-state index in [0.29, 0.717) is 6.54 Å². The van der Waals surface area contributed by atoms with E-state index >= 15 is 0 Å². The summed E-state index contributed by atoms with van der Waals surface area (Å²) < 4.78 is 1.23. The summed E-state index contributed by atoms with van der Waals surface area (Å²) in [5.41, 5.74) is 2.27. The highest BCUT2D eigenvalue weighted by atomic mass is 32.1. The van der Waals surface area contributed by atoms with Crippen LogP contribution in [0.4, 0.5) is 0 Å². The minimum Gasteiger partial charge on any atom is -0.317 e. The molecule has 0 saturated carbocycles. The number of rotatable bonds is 2. The lowest BCUT2D eigenvalue weighted by atomic mass is 10.1. The first kappa shape index (κ1) is 9.17. The number of aromatic nitrogens is 1. The van der Waals surface area contributed by atoms with Crippen molar-refractivity contribution in [3.8, 4) is 0 Å². The van der Waals surface area contributed by atoms with Gasteiger partial charge in [0.1, 0.15) is 0 Å². The summed E-state index contributed by atoms with van der Waals surface area (Å²) >= 11 is 1.71. The fraction of sp³-hybridized carbons (Fsp3) is 0.273. The van der Waals surface area contributed by atoms with Gasteiger partial charge in [-0.25, -0.2) is 11.6 Å². The Morgan fingerprint density at radius 2 is 2.36 bits per heavy atom. The van der Waals surface area contributed by atoms with Crippen LogP contribution in [0.2, 0.25) is 0 Å². The Morgan fingerprint density at radius 3 is 3.14 bits per heavy atom. The monoisotopic (exact) mass is 202 g/mol. The lowest BCUT2D eigenvalue weighted by Crippen LogP contribution is -1.86. The van der Waals surface area contributed by atoms with Crippen molar-refractivity contribution in [3.05, 3.63) is 40.2 Å². The van der Waals surface area contributed by atoms with Crippen LogP contribution in [0, 0.1) is 13.5 Å². The molecule has 0 radical (unpaired) electrons. The van der Waals surface area contributed by atoms with Gasteiger partial charge in [0, 0.05) is 6.42 Å². The Balaban J connectivity index is 2.36. The van der Waals surface area contributed by atoms with Gasteiger partial charge in [-0.1, -0.05) is 6.07 Å². The molecule has 0 fully saturated rings. The highest BCUT2D eigenvalue weighted by Crippen LogP contribution is 2.22. The van der Waals surface area contributed by atoms with Gasteiger partial charge in [0.15, 0.2) is 0 Å². The van der Waals surface area contributed by atoms with Crippen molar-refractivity contribution >= 4 is 21.6 Å². The van der Waals surface area contributed by atoms with Crippen molar-refractivity contribution in [3.63, 3.8) is 0 Å². The van der Waals surface area contributed by atoms with Crippen LogP contribution in [0.15, 0.2) is 18.2 Å². The molecule has 0 bridgehead atoms. The summed E-state index contributed by atoms with van der Waals surface area (Å²) in [5, 5.41) is 1.10. The molecule has 0 unspecified atom stereocenters. The van der Waals surface area contributed by atoms with Crippen LogP contribution < -0.4 is 0 Å². The molecule has 2 rings (SSSR count). The molecule has 0 amide bonds. The maximum Gasteiger partial charge on any atom is 0.218 e. The predicted octanol–water partition coefficient (Wildman–Crippen LogP) is 3.07. The Hall–Kier alpha value is -1.40. The maximum absolute atomic E-state index is 6.73. The fourth-order valence-corrected chi connectivity index (χ4v) is 2.24. The summed E-state index contributed by atoms with van der Waals surface area (Å²) in [6.07, 6.45) is 0.829. The van der Waals surface area contributed by atoms with Crippen molar-refractivity contribution in [1.82, 2.24) is 4.98 Å². The van der Waals surface area contributed by atoms with Gasteiger partial charge in [0.05, 0.1) is 15.2 Å². The van der Waals surface area contributed by atoms with Crippen LogP contribution in [0.1, 0.15) is 10.6 Å². The quantitative estimate of drug-likeness (QED) is 0.684. The molecule has 0 aliphatic carbocycles. The zero-order chi connectivity index (χ0) is 9.97. The molecule has 0 aliphatic rings. The van der Waals surface area contributed by atoms with Gasteiger partial charge < -0.3 is 4.85 Å². The molecule has 0 saturated heterocycles. The SMILES string of the molecule is [C-]#[N+]CCc1ccc2sc(C)nc2c1. The topological polar surface area (TPSA) is 17.2 Å². The minimum absolute atomic E-state index is 0.564.